The molecule has 2 aliphatic rings. The molecule has 0 radical (unpaired) electrons. The van der Waals surface area contributed by atoms with Crippen molar-refractivity contribution in [1.82, 2.24) is 4.90 Å². The number of carbonyl (C=O) groups is 3. The van der Waals surface area contributed by atoms with Crippen LogP contribution in [0, 0.1) is 17.8 Å². The van der Waals surface area contributed by atoms with Gasteiger partial charge in [0.25, 0.3) is 0 Å². The highest BCUT2D eigenvalue weighted by atomic mass is 16.2. The van der Waals surface area contributed by atoms with Crippen LogP contribution >= 0.6 is 0 Å². The van der Waals surface area contributed by atoms with Gasteiger partial charge in [0.2, 0.25) is 11.8 Å². The molecule has 0 aromatic heterocycles. The normalized spacial score (nSPS) is 32.9. The summed E-state index contributed by atoms with van der Waals surface area (Å²) in [6.45, 7) is 2.41. The van der Waals surface area contributed by atoms with E-state index < -0.39 is 0 Å². The lowest BCUT2D eigenvalue weighted by Crippen LogP contribution is -2.36. The third-order valence-corrected chi connectivity index (χ3v) is 4.31. The van der Waals surface area contributed by atoms with E-state index in [1.165, 1.54) is 4.90 Å². The molecule has 0 spiro atoms. The van der Waals surface area contributed by atoms with Gasteiger partial charge < -0.3 is 4.79 Å². The molecule has 2 fully saturated rings. The Bertz CT molecular complexity index is 345. The lowest BCUT2D eigenvalue weighted by Gasteiger charge is -2.29. The summed E-state index contributed by atoms with van der Waals surface area (Å²) < 4.78 is 0. The van der Waals surface area contributed by atoms with E-state index in [0.29, 0.717) is 31.2 Å². The van der Waals surface area contributed by atoms with Crippen molar-refractivity contribution in [3.63, 3.8) is 0 Å². The fraction of sp³-hybridized carbons (Fsp3) is 0.786. The molecule has 1 aliphatic heterocycles. The third kappa shape index (κ3) is 2.79. The zero-order chi connectivity index (χ0) is 13.1. The molecule has 0 aromatic carbocycles. The molecular formula is C14H21NO3. The maximum Gasteiger partial charge on any atom is 0.232 e. The van der Waals surface area contributed by atoms with E-state index in [4.69, 9.17) is 0 Å². The predicted octanol–water partition coefficient (Wildman–Crippen LogP) is 1.78. The molecule has 4 heteroatoms. The summed E-state index contributed by atoms with van der Waals surface area (Å²) in [5.74, 6) is 0.801. The first kappa shape index (κ1) is 13.2. The van der Waals surface area contributed by atoms with Gasteiger partial charge in [0.15, 0.2) is 0 Å². The fourth-order valence-electron chi connectivity index (χ4n) is 3.08. The maximum atomic E-state index is 11.8. The van der Waals surface area contributed by atoms with E-state index in [9.17, 15) is 14.4 Å². The van der Waals surface area contributed by atoms with Crippen LogP contribution in [-0.2, 0) is 14.4 Å². The molecule has 4 nitrogen and oxygen atoms in total. The first-order valence-electron chi connectivity index (χ1n) is 6.89. The van der Waals surface area contributed by atoms with E-state index >= 15 is 0 Å². The van der Waals surface area contributed by atoms with Gasteiger partial charge in [0.05, 0.1) is 0 Å². The van der Waals surface area contributed by atoms with Gasteiger partial charge in [-0.3, -0.25) is 14.5 Å². The predicted molar refractivity (Wildman–Crippen MR) is 66.6 cm³/mol. The molecule has 0 bridgehead atoms. The minimum absolute atomic E-state index is 0.00462. The third-order valence-electron chi connectivity index (χ3n) is 4.31. The molecular weight excluding hydrogens is 230 g/mol. The Morgan fingerprint density at radius 1 is 1.17 bits per heavy atom. The first-order valence-corrected chi connectivity index (χ1v) is 6.89. The highest BCUT2D eigenvalue weighted by molar-refractivity contribution is 6.03. The smallest absolute Gasteiger partial charge is 0.232 e. The van der Waals surface area contributed by atoms with Crippen LogP contribution in [0.4, 0.5) is 0 Å². The van der Waals surface area contributed by atoms with Gasteiger partial charge in [-0.2, -0.15) is 0 Å². The fourth-order valence-corrected chi connectivity index (χ4v) is 3.08. The first-order chi connectivity index (χ1) is 8.61. The second-order valence-electron chi connectivity index (χ2n) is 5.74. The van der Waals surface area contributed by atoms with Gasteiger partial charge >= 0.3 is 0 Å². The van der Waals surface area contributed by atoms with E-state index in [-0.39, 0.29) is 17.7 Å². The largest absolute Gasteiger partial charge is 0.303 e. The molecule has 2 amide bonds. The summed E-state index contributed by atoms with van der Waals surface area (Å²) in [5, 5.41) is 0. The van der Waals surface area contributed by atoms with Crippen LogP contribution < -0.4 is 0 Å². The monoisotopic (exact) mass is 251 g/mol. The summed E-state index contributed by atoms with van der Waals surface area (Å²) >= 11 is 0. The number of carbonyl (C=O) groups excluding carboxylic acids is 3. The second kappa shape index (κ2) is 5.63. The van der Waals surface area contributed by atoms with Crippen molar-refractivity contribution in [2.24, 2.45) is 17.8 Å². The van der Waals surface area contributed by atoms with Crippen molar-refractivity contribution in [1.29, 1.82) is 0 Å². The maximum absolute atomic E-state index is 11.8. The topological polar surface area (TPSA) is 54.5 Å². The van der Waals surface area contributed by atoms with Crippen LogP contribution in [0.5, 0.6) is 0 Å². The molecule has 0 aromatic rings. The average molecular weight is 251 g/mol. The number of aldehydes is 1. The number of rotatable bonds is 4. The Morgan fingerprint density at radius 3 is 2.28 bits per heavy atom. The van der Waals surface area contributed by atoms with Crippen molar-refractivity contribution in [2.45, 2.75) is 45.4 Å². The average Bonchev–Trinajstić information content (AvgIpc) is 2.59. The van der Waals surface area contributed by atoms with Gasteiger partial charge in [-0.05, 0) is 37.5 Å². The van der Waals surface area contributed by atoms with Crippen molar-refractivity contribution in [3.8, 4) is 0 Å². The van der Waals surface area contributed by atoms with Gasteiger partial charge in [-0.25, -0.2) is 0 Å². The minimum Gasteiger partial charge on any atom is -0.303 e. The summed E-state index contributed by atoms with van der Waals surface area (Å²) in [5.41, 5.74) is 0. The Kier molecular flexibility index (Phi) is 4.15. The molecule has 1 atom stereocenters. The van der Waals surface area contributed by atoms with Crippen LogP contribution in [0.2, 0.25) is 0 Å². The van der Waals surface area contributed by atoms with Gasteiger partial charge in [-0.15, -0.1) is 0 Å². The quantitative estimate of drug-likeness (QED) is 0.565. The molecule has 1 aliphatic carbocycles. The molecule has 100 valence electrons. The van der Waals surface area contributed by atoms with E-state index in [1.54, 1.807) is 0 Å². The summed E-state index contributed by atoms with van der Waals surface area (Å²) in [6.07, 6.45) is 6.20. The highest BCUT2D eigenvalue weighted by Crippen LogP contribution is 2.32. The number of hydrogen-bond donors (Lipinski definition) is 0. The second-order valence-corrected chi connectivity index (χ2v) is 5.74. The SMILES string of the molecule is CC1CC(=O)N(CC2CCC(CC=O)CC2)C1=O. The number of amides is 2. The Morgan fingerprint density at radius 2 is 1.78 bits per heavy atom. The van der Waals surface area contributed by atoms with Gasteiger partial charge in [0, 0.05) is 25.3 Å². The molecule has 1 heterocycles. The van der Waals surface area contributed by atoms with E-state index in [0.717, 1.165) is 32.0 Å². The Labute approximate surface area is 108 Å². The summed E-state index contributed by atoms with van der Waals surface area (Å²) in [6, 6.07) is 0. The molecule has 1 saturated heterocycles. The zero-order valence-corrected chi connectivity index (χ0v) is 10.9. The molecule has 1 unspecified atom stereocenters. The minimum atomic E-state index is -0.135. The number of nitrogens with zero attached hydrogens (tertiary/aromatic N) is 1. The highest BCUT2D eigenvalue weighted by Gasteiger charge is 2.37. The van der Waals surface area contributed by atoms with Crippen molar-refractivity contribution in [2.75, 3.05) is 6.54 Å². The number of likely N-dealkylation sites (tertiary alicyclic amines) is 1. The number of hydrogen-bond acceptors (Lipinski definition) is 3. The van der Waals surface area contributed by atoms with Crippen molar-refractivity contribution in [3.05, 3.63) is 0 Å². The van der Waals surface area contributed by atoms with Crippen LogP contribution in [0.15, 0.2) is 0 Å². The lowest BCUT2D eigenvalue weighted by molar-refractivity contribution is -0.140. The Balaban J connectivity index is 1.83. The molecule has 18 heavy (non-hydrogen) atoms. The van der Waals surface area contributed by atoms with Crippen molar-refractivity contribution >= 4 is 18.1 Å². The Hall–Kier alpha value is -1.19. The van der Waals surface area contributed by atoms with Crippen LogP contribution in [0.25, 0.3) is 0 Å². The van der Waals surface area contributed by atoms with Crippen molar-refractivity contribution < 1.29 is 14.4 Å². The summed E-state index contributed by atoms with van der Waals surface area (Å²) in [4.78, 5) is 35.4. The lowest BCUT2D eigenvalue weighted by atomic mass is 9.80. The van der Waals surface area contributed by atoms with Crippen LogP contribution in [-0.4, -0.2) is 29.5 Å². The number of imide groups is 1. The zero-order valence-electron chi connectivity index (χ0n) is 10.9. The van der Waals surface area contributed by atoms with E-state index in [1.807, 2.05) is 6.92 Å². The molecule has 1 saturated carbocycles. The van der Waals surface area contributed by atoms with Gasteiger partial charge in [0.1, 0.15) is 6.29 Å². The van der Waals surface area contributed by atoms with E-state index in [2.05, 4.69) is 0 Å². The van der Waals surface area contributed by atoms with Crippen LogP contribution in [0.1, 0.15) is 45.4 Å². The molecule has 0 N–H and O–H groups in total. The molecule has 2 rings (SSSR count). The van der Waals surface area contributed by atoms with Gasteiger partial charge in [-0.1, -0.05) is 6.92 Å². The van der Waals surface area contributed by atoms with Crippen LogP contribution in [0.3, 0.4) is 0 Å². The summed E-state index contributed by atoms with van der Waals surface area (Å²) in [7, 11) is 0. The standard InChI is InChI=1S/C14H21NO3/c1-10-8-13(17)15(14(10)18)9-12-4-2-11(3-5-12)6-7-16/h7,10-12H,2-6,8-9H2,1H3.